The van der Waals surface area contributed by atoms with E-state index in [4.69, 9.17) is 9.72 Å². The molecule has 8 heteroatoms. The average Bonchev–Trinajstić information content (AvgIpc) is 3.31. The van der Waals surface area contributed by atoms with Crippen molar-refractivity contribution in [2.24, 2.45) is 0 Å². The molecule has 0 saturated heterocycles. The van der Waals surface area contributed by atoms with Gasteiger partial charge in [-0.25, -0.2) is 9.55 Å². The zero-order valence-electron chi connectivity index (χ0n) is 20.8. The lowest BCUT2D eigenvalue weighted by Crippen LogP contribution is -2.23. The van der Waals surface area contributed by atoms with Crippen LogP contribution in [0.25, 0.3) is 27.6 Å². The van der Waals surface area contributed by atoms with Crippen LogP contribution in [0, 0.1) is 0 Å². The summed E-state index contributed by atoms with van der Waals surface area (Å²) in [5, 5.41) is 4.22. The van der Waals surface area contributed by atoms with Gasteiger partial charge in [-0.15, -0.1) is 0 Å². The van der Waals surface area contributed by atoms with Crippen LogP contribution in [-0.4, -0.2) is 33.3 Å². The zero-order chi connectivity index (χ0) is 25.8. The average molecular weight is 513 g/mol. The van der Waals surface area contributed by atoms with Gasteiger partial charge >= 0.3 is 0 Å². The van der Waals surface area contributed by atoms with Crippen molar-refractivity contribution in [1.82, 2.24) is 14.5 Å². The number of benzene rings is 3. The number of H-pyrrole nitrogens is 1. The number of thioether (sulfide) groups is 1. The monoisotopic (exact) mass is 512 g/mol. The van der Waals surface area contributed by atoms with Crippen molar-refractivity contribution in [1.29, 1.82) is 0 Å². The largest absolute Gasteiger partial charge is 0.495 e. The number of aromatic nitrogens is 3. The van der Waals surface area contributed by atoms with Crippen LogP contribution in [0.1, 0.15) is 25.3 Å². The topological polar surface area (TPSA) is 89.0 Å². The molecule has 2 aromatic heterocycles. The molecule has 0 aliphatic carbocycles. The van der Waals surface area contributed by atoms with Crippen molar-refractivity contribution in [3.63, 3.8) is 0 Å². The Bertz CT molecular complexity index is 1620. The van der Waals surface area contributed by atoms with Crippen molar-refractivity contribution >= 4 is 45.3 Å². The second-order valence-corrected chi connectivity index (χ2v) is 9.68. The van der Waals surface area contributed by atoms with E-state index in [1.165, 1.54) is 21.9 Å². The summed E-state index contributed by atoms with van der Waals surface area (Å²) in [5.74, 6) is 0.454. The maximum Gasteiger partial charge on any atom is 0.283 e. The molecule has 0 fully saturated rings. The smallest absolute Gasteiger partial charge is 0.283 e. The van der Waals surface area contributed by atoms with E-state index in [9.17, 15) is 9.59 Å². The van der Waals surface area contributed by atoms with E-state index >= 15 is 0 Å². The number of anilines is 1. The Morgan fingerprint density at radius 2 is 1.81 bits per heavy atom. The van der Waals surface area contributed by atoms with Crippen LogP contribution in [-0.2, 0) is 11.2 Å². The minimum absolute atomic E-state index is 0.0903. The van der Waals surface area contributed by atoms with E-state index in [0.717, 1.165) is 35.9 Å². The molecule has 1 amide bonds. The van der Waals surface area contributed by atoms with Gasteiger partial charge in [-0.2, -0.15) is 0 Å². The minimum atomic E-state index is -0.253. The maximum atomic E-state index is 13.8. The Morgan fingerprint density at radius 1 is 1.05 bits per heavy atom. The quantitative estimate of drug-likeness (QED) is 0.188. The Balaban J connectivity index is 1.47. The van der Waals surface area contributed by atoms with Crippen LogP contribution in [0.2, 0.25) is 0 Å². The molecular weight excluding hydrogens is 484 g/mol. The van der Waals surface area contributed by atoms with Gasteiger partial charge in [-0.3, -0.25) is 9.59 Å². The molecule has 0 radical (unpaired) electrons. The normalized spacial score (nSPS) is 11.2. The summed E-state index contributed by atoms with van der Waals surface area (Å²) >= 11 is 1.21. The number of methoxy groups -OCH3 is 1. The zero-order valence-corrected chi connectivity index (χ0v) is 21.6. The summed E-state index contributed by atoms with van der Waals surface area (Å²) in [5.41, 5.74) is 4.13. The van der Waals surface area contributed by atoms with Gasteiger partial charge in [0.25, 0.3) is 5.56 Å². The molecule has 0 aliphatic heterocycles. The molecule has 0 saturated carbocycles. The number of amides is 1. The highest BCUT2D eigenvalue weighted by molar-refractivity contribution is 7.99. The predicted octanol–water partition coefficient (Wildman–Crippen LogP) is 5.95. The Kier molecular flexibility index (Phi) is 7.28. The predicted molar refractivity (Wildman–Crippen MR) is 150 cm³/mol. The highest BCUT2D eigenvalue weighted by Crippen LogP contribution is 2.29. The molecule has 7 nitrogen and oxygen atoms in total. The Hall–Kier alpha value is -4.04. The fourth-order valence-electron chi connectivity index (χ4n) is 4.33. The first-order valence-corrected chi connectivity index (χ1v) is 13.3. The number of nitrogens with one attached hydrogen (secondary N) is 2. The molecule has 2 N–H and O–H groups in total. The van der Waals surface area contributed by atoms with Gasteiger partial charge in [-0.1, -0.05) is 67.6 Å². The maximum absolute atomic E-state index is 13.8. The number of hydrogen-bond donors (Lipinski definition) is 2. The number of nitrogens with zero attached hydrogens (tertiary/aromatic N) is 2. The molecule has 0 bridgehead atoms. The van der Waals surface area contributed by atoms with Gasteiger partial charge in [0.15, 0.2) is 5.16 Å². The first kappa shape index (κ1) is 24.6. The number of ether oxygens (including phenoxy) is 1. The molecule has 2 heterocycles. The van der Waals surface area contributed by atoms with Crippen molar-refractivity contribution < 1.29 is 9.53 Å². The van der Waals surface area contributed by atoms with Gasteiger partial charge in [0.2, 0.25) is 5.91 Å². The van der Waals surface area contributed by atoms with Crippen LogP contribution in [0.15, 0.2) is 82.7 Å². The van der Waals surface area contributed by atoms with Crippen LogP contribution >= 0.6 is 11.8 Å². The van der Waals surface area contributed by atoms with Crippen molar-refractivity contribution in [2.75, 3.05) is 18.2 Å². The number of carbonyl (C=O) groups excluding carboxylic acids is 1. The summed E-state index contributed by atoms with van der Waals surface area (Å²) in [4.78, 5) is 34.7. The van der Waals surface area contributed by atoms with E-state index < -0.39 is 0 Å². The summed E-state index contributed by atoms with van der Waals surface area (Å²) in [6.07, 6.45) is 3.32. The number of hydrogen-bond acceptors (Lipinski definition) is 5. The third-order valence-corrected chi connectivity index (χ3v) is 7.15. The van der Waals surface area contributed by atoms with E-state index in [-0.39, 0.29) is 17.2 Å². The number of rotatable bonds is 9. The molecule has 0 aliphatic rings. The number of aryl methyl sites for hydroxylation is 1. The van der Waals surface area contributed by atoms with Crippen LogP contribution in [0.5, 0.6) is 5.75 Å². The van der Waals surface area contributed by atoms with Gasteiger partial charge in [-0.05, 0) is 48.7 Å². The number of carbonyl (C=O) groups is 1. The van der Waals surface area contributed by atoms with E-state index in [1.807, 2.05) is 60.7 Å². The van der Waals surface area contributed by atoms with E-state index in [1.54, 1.807) is 19.2 Å². The standard InChI is InChI=1S/C29H28N4O3S/c1-3-4-9-19-14-16-20(17-15-19)30-25(34)18-37-29-32-26-21-10-5-6-11-22(21)31-27(26)28(35)33(29)23-12-7-8-13-24(23)36-2/h5-8,10-17,31H,3-4,9,18H2,1-2H3,(H,30,34). The second kappa shape index (κ2) is 10.9. The van der Waals surface area contributed by atoms with Crippen LogP contribution in [0.4, 0.5) is 5.69 Å². The number of aromatic amines is 1. The van der Waals surface area contributed by atoms with Crippen molar-refractivity contribution in [2.45, 2.75) is 31.3 Å². The Labute approximate surface area is 218 Å². The molecule has 0 unspecified atom stereocenters. The van der Waals surface area contributed by atoms with Crippen molar-refractivity contribution in [3.05, 3.63) is 88.7 Å². The van der Waals surface area contributed by atoms with Gasteiger partial charge in [0.05, 0.1) is 18.6 Å². The summed E-state index contributed by atoms with van der Waals surface area (Å²) < 4.78 is 7.04. The minimum Gasteiger partial charge on any atom is -0.495 e. The second-order valence-electron chi connectivity index (χ2n) is 8.74. The van der Waals surface area contributed by atoms with Crippen molar-refractivity contribution in [3.8, 4) is 11.4 Å². The lowest BCUT2D eigenvalue weighted by Gasteiger charge is -2.15. The molecule has 188 valence electrons. The molecular formula is C29H28N4O3S. The van der Waals surface area contributed by atoms with Gasteiger partial charge < -0.3 is 15.0 Å². The number of fused-ring (bicyclic) bond motifs is 3. The fourth-order valence-corrected chi connectivity index (χ4v) is 5.13. The first-order valence-electron chi connectivity index (χ1n) is 12.3. The summed E-state index contributed by atoms with van der Waals surface area (Å²) in [6.45, 7) is 2.17. The van der Waals surface area contributed by atoms with E-state index in [2.05, 4.69) is 17.2 Å². The van der Waals surface area contributed by atoms with Crippen LogP contribution in [0.3, 0.4) is 0 Å². The lowest BCUT2D eigenvalue weighted by molar-refractivity contribution is -0.113. The third kappa shape index (κ3) is 5.11. The molecule has 0 atom stereocenters. The molecule has 3 aromatic carbocycles. The number of unbranched alkanes of at least 4 members (excludes halogenated alkanes) is 1. The fraction of sp³-hybridized carbons (Fsp3) is 0.207. The van der Waals surface area contributed by atoms with Gasteiger partial charge in [0.1, 0.15) is 16.8 Å². The molecule has 0 spiro atoms. The highest BCUT2D eigenvalue weighted by atomic mass is 32.2. The summed E-state index contributed by atoms with van der Waals surface area (Å²) in [7, 11) is 1.56. The number of para-hydroxylation sites is 3. The molecule has 37 heavy (non-hydrogen) atoms. The lowest BCUT2D eigenvalue weighted by atomic mass is 10.1. The summed E-state index contributed by atoms with van der Waals surface area (Å²) in [6, 6.07) is 22.9. The van der Waals surface area contributed by atoms with Crippen LogP contribution < -0.4 is 15.6 Å². The van der Waals surface area contributed by atoms with E-state index in [0.29, 0.717) is 27.6 Å². The molecule has 5 rings (SSSR count). The SMILES string of the molecule is CCCCc1ccc(NC(=O)CSc2nc3c([nH]c4ccccc43)c(=O)n2-c2ccccc2OC)cc1. The van der Waals surface area contributed by atoms with Gasteiger partial charge in [0, 0.05) is 16.6 Å². The Morgan fingerprint density at radius 3 is 2.59 bits per heavy atom. The third-order valence-electron chi connectivity index (χ3n) is 6.21. The first-order chi connectivity index (χ1) is 18.1. The highest BCUT2D eigenvalue weighted by Gasteiger charge is 2.20. The molecule has 5 aromatic rings.